The van der Waals surface area contributed by atoms with E-state index in [0.717, 1.165) is 62.4 Å². The summed E-state index contributed by atoms with van der Waals surface area (Å²) >= 11 is 0. The molecule has 1 aliphatic heterocycles. The maximum Gasteiger partial charge on any atom is 0.222 e. The van der Waals surface area contributed by atoms with Crippen molar-refractivity contribution < 1.29 is 9.84 Å². The number of hydrogen-bond donors (Lipinski definition) is 4. The van der Waals surface area contributed by atoms with E-state index < -0.39 is 0 Å². The molecule has 190 valence electrons. The summed E-state index contributed by atoms with van der Waals surface area (Å²) < 4.78 is 7.66. The summed E-state index contributed by atoms with van der Waals surface area (Å²) in [5.41, 5.74) is 9.73. The van der Waals surface area contributed by atoms with Gasteiger partial charge in [-0.25, -0.2) is 4.98 Å². The molecule has 10 heteroatoms. The Morgan fingerprint density at radius 2 is 2.09 bits per heavy atom. The van der Waals surface area contributed by atoms with E-state index in [0.29, 0.717) is 24.3 Å². The molecule has 0 unspecified atom stereocenters. The van der Waals surface area contributed by atoms with Gasteiger partial charge in [-0.15, -0.1) is 0 Å². The molecule has 3 aromatic rings. The molecule has 1 aromatic carbocycles. The second-order valence-electron chi connectivity index (χ2n) is 9.13. The SMILES string of the molecule is CCC[C@@H](CCO)Nc1nc(N)nc2cnn(Cc3ccc(CN4CCCNCC4)cc3OC)c12. The fourth-order valence-corrected chi connectivity index (χ4v) is 4.72. The van der Waals surface area contributed by atoms with Crippen molar-refractivity contribution in [2.24, 2.45) is 0 Å². The van der Waals surface area contributed by atoms with Crippen LogP contribution < -0.4 is 21.1 Å². The van der Waals surface area contributed by atoms with Gasteiger partial charge in [0.1, 0.15) is 16.8 Å². The van der Waals surface area contributed by atoms with E-state index in [2.05, 4.69) is 55.7 Å². The highest BCUT2D eigenvalue weighted by Crippen LogP contribution is 2.27. The van der Waals surface area contributed by atoms with Gasteiger partial charge in [0, 0.05) is 37.8 Å². The number of aromatic nitrogens is 4. The first-order valence-corrected chi connectivity index (χ1v) is 12.6. The average Bonchev–Trinajstić information content (AvgIpc) is 3.06. The Hall–Kier alpha value is -2.95. The first kappa shape index (κ1) is 25.2. The zero-order valence-electron chi connectivity index (χ0n) is 20.8. The summed E-state index contributed by atoms with van der Waals surface area (Å²) in [7, 11) is 1.71. The number of nitrogens with two attached hydrogens (primary N) is 1. The Morgan fingerprint density at radius 3 is 2.89 bits per heavy atom. The van der Waals surface area contributed by atoms with Crippen LogP contribution in [0.25, 0.3) is 11.0 Å². The molecule has 0 radical (unpaired) electrons. The van der Waals surface area contributed by atoms with Gasteiger partial charge in [0.2, 0.25) is 5.95 Å². The van der Waals surface area contributed by atoms with Crippen LogP contribution in [0.2, 0.25) is 0 Å². The summed E-state index contributed by atoms with van der Waals surface area (Å²) in [6, 6.07) is 6.52. The number of nitrogens with zero attached hydrogens (tertiary/aromatic N) is 5. The maximum absolute atomic E-state index is 9.48. The van der Waals surface area contributed by atoms with Gasteiger partial charge in [0.05, 0.1) is 19.9 Å². The number of anilines is 2. The normalized spacial score (nSPS) is 15.7. The molecule has 5 N–H and O–H groups in total. The lowest BCUT2D eigenvalue weighted by Crippen LogP contribution is -2.27. The number of ether oxygens (including phenoxy) is 1. The van der Waals surface area contributed by atoms with E-state index in [1.807, 2.05) is 4.68 Å². The number of methoxy groups -OCH3 is 1. The van der Waals surface area contributed by atoms with Gasteiger partial charge >= 0.3 is 0 Å². The number of nitrogen functional groups attached to an aromatic ring is 1. The lowest BCUT2D eigenvalue weighted by atomic mass is 10.1. The zero-order chi connectivity index (χ0) is 24.6. The Labute approximate surface area is 206 Å². The highest BCUT2D eigenvalue weighted by molar-refractivity contribution is 5.86. The lowest BCUT2D eigenvalue weighted by molar-refractivity contribution is 0.276. The van der Waals surface area contributed by atoms with Crippen LogP contribution in [-0.2, 0) is 13.1 Å². The predicted octanol–water partition coefficient (Wildman–Crippen LogP) is 2.22. The maximum atomic E-state index is 9.48. The molecule has 0 bridgehead atoms. The van der Waals surface area contributed by atoms with E-state index >= 15 is 0 Å². The molecule has 35 heavy (non-hydrogen) atoms. The first-order valence-electron chi connectivity index (χ1n) is 12.6. The Balaban J connectivity index is 1.59. The van der Waals surface area contributed by atoms with Crippen molar-refractivity contribution in [1.82, 2.24) is 30.0 Å². The fourth-order valence-electron chi connectivity index (χ4n) is 4.72. The number of fused-ring (bicyclic) bond motifs is 1. The summed E-state index contributed by atoms with van der Waals surface area (Å²) in [5.74, 6) is 1.68. The zero-order valence-corrected chi connectivity index (χ0v) is 20.8. The molecule has 0 saturated carbocycles. The van der Waals surface area contributed by atoms with Gasteiger partial charge in [-0.05, 0) is 44.0 Å². The molecule has 0 spiro atoms. The van der Waals surface area contributed by atoms with E-state index in [-0.39, 0.29) is 18.6 Å². The standard InChI is InChI=1S/C25H38N8O2/c1-3-5-20(8-13-34)29-24-23-21(30-25(26)31-24)15-28-33(23)17-19-7-6-18(14-22(19)35-2)16-32-11-4-9-27-10-12-32/h6-7,14-15,20,27,34H,3-5,8-13,16-17H2,1-2H3,(H3,26,29,30,31)/t20-/m0/s1. The average molecular weight is 483 g/mol. The van der Waals surface area contributed by atoms with Crippen molar-refractivity contribution in [3.8, 4) is 5.75 Å². The smallest absolute Gasteiger partial charge is 0.222 e. The summed E-state index contributed by atoms with van der Waals surface area (Å²) in [5, 5.41) is 21.0. The van der Waals surface area contributed by atoms with E-state index in [1.165, 1.54) is 12.0 Å². The van der Waals surface area contributed by atoms with Crippen LogP contribution in [0.1, 0.15) is 43.7 Å². The largest absolute Gasteiger partial charge is 0.496 e. The van der Waals surface area contributed by atoms with Crippen LogP contribution in [0.15, 0.2) is 24.4 Å². The van der Waals surface area contributed by atoms with Gasteiger partial charge in [0.15, 0.2) is 5.82 Å². The third-order valence-corrected chi connectivity index (χ3v) is 6.47. The van der Waals surface area contributed by atoms with Gasteiger partial charge in [-0.1, -0.05) is 25.5 Å². The number of aliphatic hydroxyl groups excluding tert-OH is 1. The van der Waals surface area contributed by atoms with E-state index in [9.17, 15) is 5.11 Å². The van der Waals surface area contributed by atoms with Crippen LogP contribution in [0.4, 0.5) is 11.8 Å². The second kappa shape index (κ2) is 12.1. The molecular weight excluding hydrogens is 444 g/mol. The van der Waals surface area contributed by atoms with Crippen molar-refractivity contribution in [2.75, 3.05) is 50.9 Å². The quantitative estimate of drug-likeness (QED) is 0.325. The third kappa shape index (κ3) is 6.39. The lowest BCUT2D eigenvalue weighted by Gasteiger charge is -2.21. The minimum atomic E-state index is 0.0915. The molecule has 10 nitrogen and oxygen atoms in total. The van der Waals surface area contributed by atoms with Crippen LogP contribution in [-0.4, -0.2) is 75.7 Å². The minimum Gasteiger partial charge on any atom is -0.496 e. The van der Waals surface area contributed by atoms with Crippen molar-refractivity contribution in [2.45, 2.75) is 51.7 Å². The summed E-state index contributed by atoms with van der Waals surface area (Å²) in [4.78, 5) is 11.3. The number of nitrogens with one attached hydrogen (secondary N) is 2. The number of benzene rings is 1. The molecule has 1 fully saturated rings. The van der Waals surface area contributed by atoms with Crippen molar-refractivity contribution in [1.29, 1.82) is 0 Å². The molecule has 1 atom stereocenters. The van der Waals surface area contributed by atoms with E-state index in [4.69, 9.17) is 10.5 Å². The molecular formula is C25H38N8O2. The van der Waals surface area contributed by atoms with Gasteiger partial charge in [-0.2, -0.15) is 10.1 Å². The van der Waals surface area contributed by atoms with Gasteiger partial charge < -0.3 is 26.2 Å². The van der Waals surface area contributed by atoms with E-state index in [1.54, 1.807) is 13.3 Å². The van der Waals surface area contributed by atoms with Crippen LogP contribution in [0.3, 0.4) is 0 Å². The minimum absolute atomic E-state index is 0.0915. The Bertz CT molecular complexity index is 1090. The molecule has 0 aliphatic carbocycles. The number of rotatable bonds is 11. The van der Waals surface area contributed by atoms with Gasteiger partial charge in [0.25, 0.3) is 0 Å². The van der Waals surface area contributed by atoms with Crippen molar-refractivity contribution >= 4 is 22.8 Å². The monoisotopic (exact) mass is 482 g/mol. The highest BCUT2D eigenvalue weighted by atomic mass is 16.5. The Kier molecular flexibility index (Phi) is 8.73. The molecule has 1 aliphatic rings. The van der Waals surface area contributed by atoms with Gasteiger partial charge in [-0.3, -0.25) is 9.58 Å². The summed E-state index contributed by atoms with van der Waals surface area (Å²) in [6.45, 7) is 7.93. The fraction of sp³-hybridized carbons (Fsp3) is 0.560. The third-order valence-electron chi connectivity index (χ3n) is 6.47. The molecule has 0 amide bonds. The molecule has 2 aromatic heterocycles. The van der Waals surface area contributed by atoms with Crippen LogP contribution >= 0.6 is 0 Å². The number of aliphatic hydroxyl groups is 1. The second-order valence-corrected chi connectivity index (χ2v) is 9.13. The molecule has 1 saturated heterocycles. The van der Waals surface area contributed by atoms with Crippen molar-refractivity contribution in [3.63, 3.8) is 0 Å². The number of hydrogen-bond acceptors (Lipinski definition) is 9. The predicted molar refractivity (Wildman–Crippen MR) is 139 cm³/mol. The Morgan fingerprint density at radius 1 is 1.20 bits per heavy atom. The topological polar surface area (TPSA) is 126 Å². The summed E-state index contributed by atoms with van der Waals surface area (Å²) in [6.07, 6.45) is 5.44. The molecule has 3 heterocycles. The highest BCUT2D eigenvalue weighted by Gasteiger charge is 2.18. The molecule has 4 rings (SSSR count). The van der Waals surface area contributed by atoms with Crippen LogP contribution in [0.5, 0.6) is 5.75 Å². The van der Waals surface area contributed by atoms with Crippen molar-refractivity contribution in [3.05, 3.63) is 35.5 Å². The first-order chi connectivity index (χ1) is 17.1. The van der Waals surface area contributed by atoms with Crippen LogP contribution in [0, 0.1) is 0 Å².